The van der Waals surface area contributed by atoms with Gasteiger partial charge in [-0.1, -0.05) is 30.3 Å². The highest BCUT2D eigenvalue weighted by Crippen LogP contribution is 2.23. The molecule has 0 aliphatic carbocycles. The molecule has 2 fully saturated rings. The fraction of sp³-hybridized carbons (Fsp3) is 0.441. The SMILES string of the molecule is C[C@H]1CN(S(=O)(=O)N(C)C)CCN1Cc1ccccc1F.Cc1ccc(NC(=O)Nc2cccc(CN3CCN(C(=O)O)C[C@@H]3C)c2F)cn1. The summed E-state index contributed by atoms with van der Waals surface area (Å²) in [5.74, 6) is -0.717. The Morgan fingerprint density at radius 2 is 1.52 bits per heavy atom. The number of rotatable bonds is 8. The number of pyridine rings is 1. The van der Waals surface area contributed by atoms with Crippen molar-refractivity contribution in [1.29, 1.82) is 0 Å². The number of nitrogens with zero attached hydrogens (tertiary/aromatic N) is 6. The molecule has 3 N–H and O–H groups in total. The molecule has 272 valence electrons. The zero-order valence-electron chi connectivity index (χ0n) is 29.0. The lowest BCUT2D eigenvalue weighted by molar-refractivity contribution is 0.0706. The van der Waals surface area contributed by atoms with Crippen LogP contribution in [0.15, 0.2) is 60.8 Å². The molecular weight excluding hydrogens is 670 g/mol. The molecule has 3 amide bonds. The summed E-state index contributed by atoms with van der Waals surface area (Å²) in [6.07, 6.45) is 0.587. The minimum atomic E-state index is -3.37. The summed E-state index contributed by atoms with van der Waals surface area (Å²) in [4.78, 5) is 32.9. The number of carbonyl (C=O) groups is 2. The van der Waals surface area contributed by atoms with Crippen molar-refractivity contribution in [3.05, 3.63) is 89.2 Å². The summed E-state index contributed by atoms with van der Waals surface area (Å²) in [5.41, 5.74) is 2.50. The maximum atomic E-state index is 14.9. The van der Waals surface area contributed by atoms with Crippen LogP contribution < -0.4 is 10.6 Å². The number of hydrogen-bond acceptors (Lipinski definition) is 7. The number of halogens is 2. The molecule has 2 aliphatic rings. The first-order valence-corrected chi connectivity index (χ1v) is 17.7. The van der Waals surface area contributed by atoms with Crippen molar-refractivity contribution < 1.29 is 31.9 Å². The average Bonchev–Trinajstić information content (AvgIpc) is 3.07. The molecule has 3 heterocycles. The summed E-state index contributed by atoms with van der Waals surface area (Å²) in [7, 11) is -0.304. The number of amides is 3. The zero-order valence-corrected chi connectivity index (χ0v) is 29.8. The number of benzene rings is 2. The van der Waals surface area contributed by atoms with E-state index in [9.17, 15) is 26.8 Å². The lowest BCUT2D eigenvalue weighted by Crippen LogP contribution is -2.55. The normalized spacial score (nSPS) is 19.1. The molecule has 0 unspecified atom stereocenters. The fourth-order valence-corrected chi connectivity index (χ4v) is 6.91. The number of nitrogens with one attached hydrogen (secondary N) is 2. The highest BCUT2D eigenvalue weighted by molar-refractivity contribution is 7.86. The van der Waals surface area contributed by atoms with Gasteiger partial charge in [-0.2, -0.15) is 17.0 Å². The smallest absolute Gasteiger partial charge is 0.407 e. The Balaban J connectivity index is 0.000000237. The second kappa shape index (κ2) is 17.1. The van der Waals surface area contributed by atoms with Crippen molar-refractivity contribution in [2.24, 2.45) is 0 Å². The molecule has 13 nitrogen and oxygen atoms in total. The van der Waals surface area contributed by atoms with E-state index in [0.717, 1.165) is 5.69 Å². The second-order valence-corrected chi connectivity index (χ2v) is 14.8. The largest absolute Gasteiger partial charge is 0.465 e. The summed E-state index contributed by atoms with van der Waals surface area (Å²) in [6, 6.07) is 14.5. The second-order valence-electron chi connectivity index (χ2n) is 12.7. The number of anilines is 2. The molecule has 5 rings (SSSR count). The molecule has 50 heavy (non-hydrogen) atoms. The molecule has 0 saturated carbocycles. The molecule has 2 atom stereocenters. The molecule has 0 radical (unpaired) electrons. The molecule has 2 aromatic carbocycles. The molecule has 16 heteroatoms. The first kappa shape index (κ1) is 38.6. The molecule has 0 bridgehead atoms. The minimum absolute atomic E-state index is 0.0341. The van der Waals surface area contributed by atoms with Crippen LogP contribution in [0.3, 0.4) is 0 Å². The van der Waals surface area contributed by atoms with Crippen LogP contribution in [-0.2, 0) is 23.3 Å². The Morgan fingerprint density at radius 3 is 2.12 bits per heavy atom. The number of aryl methyl sites for hydroxylation is 1. The highest BCUT2D eigenvalue weighted by Gasteiger charge is 2.32. The van der Waals surface area contributed by atoms with Crippen LogP contribution in [0.1, 0.15) is 30.7 Å². The Labute approximate surface area is 292 Å². The van der Waals surface area contributed by atoms with Crippen LogP contribution in [0.4, 0.5) is 29.7 Å². The topological polar surface area (TPSA) is 142 Å². The molecule has 0 spiro atoms. The Bertz CT molecular complexity index is 1730. The van der Waals surface area contributed by atoms with Crippen molar-refractivity contribution in [3.63, 3.8) is 0 Å². The third kappa shape index (κ3) is 10.2. The van der Waals surface area contributed by atoms with Gasteiger partial charge in [0.05, 0.1) is 17.6 Å². The van der Waals surface area contributed by atoms with Crippen LogP contribution in [0, 0.1) is 18.6 Å². The molecular formula is C34H46F2N8O5S. The maximum absolute atomic E-state index is 14.9. The number of carboxylic acid groups (broad SMARTS) is 1. The van der Waals surface area contributed by atoms with E-state index in [2.05, 4.69) is 20.5 Å². The van der Waals surface area contributed by atoms with E-state index in [1.807, 2.05) is 31.7 Å². The fourth-order valence-electron chi connectivity index (χ4n) is 5.73. The van der Waals surface area contributed by atoms with E-state index in [1.165, 1.54) is 45.9 Å². The molecule has 2 saturated heterocycles. The monoisotopic (exact) mass is 716 g/mol. The van der Waals surface area contributed by atoms with Gasteiger partial charge in [-0.05, 0) is 45.0 Å². The van der Waals surface area contributed by atoms with E-state index < -0.39 is 28.2 Å². The minimum Gasteiger partial charge on any atom is -0.465 e. The first-order valence-electron chi connectivity index (χ1n) is 16.3. The standard InChI is InChI=1S/C20H24FN5O3.C14H22FN3O2S/c1-13-6-7-16(10-22-13)23-19(27)24-17-5-3-4-15(18(17)21)12-25-8-9-26(20(28)29)11-14(25)2;1-12-10-18(21(19,20)16(2)3)9-8-17(12)11-13-6-4-5-7-14(13)15/h3-7,10,14H,8-9,11-12H2,1-2H3,(H,28,29)(H2,23,24,27);4-7,12H,8-11H2,1-3H3/t14-;12-/m00/s1. The lowest BCUT2D eigenvalue weighted by Gasteiger charge is -2.39. The van der Waals surface area contributed by atoms with Gasteiger partial charge in [0.25, 0.3) is 10.2 Å². The van der Waals surface area contributed by atoms with Crippen LogP contribution >= 0.6 is 0 Å². The van der Waals surface area contributed by atoms with Crippen molar-refractivity contribution in [2.45, 2.75) is 45.9 Å². The quantitative estimate of drug-likeness (QED) is 0.310. The molecule has 2 aliphatic heterocycles. The van der Waals surface area contributed by atoms with E-state index in [4.69, 9.17) is 5.11 Å². The van der Waals surface area contributed by atoms with Crippen molar-refractivity contribution in [2.75, 3.05) is 64.0 Å². The van der Waals surface area contributed by atoms with Gasteiger partial charge in [0, 0.05) is 95.4 Å². The van der Waals surface area contributed by atoms with Crippen LogP contribution in [0.2, 0.25) is 0 Å². The van der Waals surface area contributed by atoms with E-state index in [1.54, 1.807) is 36.4 Å². The van der Waals surface area contributed by atoms with Crippen LogP contribution in [0.25, 0.3) is 0 Å². The van der Waals surface area contributed by atoms with Gasteiger partial charge in [-0.15, -0.1) is 0 Å². The molecule has 3 aromatic rings. The van der Waals surface area contributed by atoms with Gasteiger partial charge in [-0.25, -0.2) is 18.4 Å². The van der Waals surface area contributed by atoms with E-state index in [0.29, 0.717) is 69.2 Å². The lowest BCUT2D eigenvalue weighted by atomic mass is 10.1. The number of hydrogen-bond donors (Lipinski definition) is 3. The summed E-state index contributed by atoms with van der Waals surface area (Å²) in [6.45, 7) is 9.29. The average molecular weight is 717 g/mol. The summed E-state index contributed by atoms with van der Waals surface area (Å²) in [5, 5.41) is 14.3. The van der Waals surface area contributed by atoms with Crippen molar-refractivity contribution >= 4 is 33.7 Å². The third-order valence-electron chi connectivity index (χ3n) is 8.75. The van der Waals surface area contributed by atoms with Crippen molar-refractivity contribution in [1.82, 2.24) is 28.3 Å². The Kier molecular flexibility index (Phi) is 13.2. The van der Waals surface area contributed by atoms with Gasteiger partial charge < -0.3 is 20.6 Å². The van der Waals surface area contributed by atoms with Gasteiger partial charge in [0.2, 0.25) is 0 Å². The Morgan fingerprint density at radius 1 is 0.880 bits per heavy atom. The number of piperazine rings is 2. The summed E-state index contributed by atoms with van der Waals surface area (Å²) >= 11 is 0. The zero-order chi connectivity index (χ0) is 36.6. The van der Waals surface area contributed by atoms with Crippen molar-refractivity contribution in [3.8, 4) is 0 Å². The maximum Gasteiger partial charge on any atom is 0.407 e. The van der Waals surface area contributed by atoms with Gasteiger partial charge >= 0.3 is 12.1 Å². The van der Waals surface area contributed by atoms with E-state index >= 15 is 0 Å². The Hall–Kier alpha value is -4.22. The molecule has 1 aromatic heterocycles. The third-order valence-corrected chi connectivity index (χ3v) is 10.7. The highest BCUT2D eigenvalue weighted by atomic mass is 32.2. The number of carbonyl (C=O) groups excluding carboxylic acids is 1. The van der Waals surface area contributed by atoms with Crippen LogP contribution in [-0.4, -0.2) is 119 Å². The summed E-state index contributed by atoms with van der Waals surface area (Å²) < 4.78 is 55.6. The number of aromatic nitrogens is 1. The van der Waals surface area contributed by atoms with E-state index in [-0.39, 0.29) is 23.6 Å². The predicted octanol–water partition coefficient (Wildman–Crippen LogP) is 4.50. The van der Waals surface area contributed by atoms with Gasteiger partial charge in [-0.3, -0.25) is 14.8 Å². The number of urea groups is 1. The predicted molar refractivity (Wildman–Crippen MR) is 188 cm³/mol. The van der Waals surface area contributed by atoms with Gasteiger partial charge in [0.1, 0.15) is 5.82 Å². The first-order chi connectivity index (χ1) is 23.6. The van der Waals surface area contributed by atoms with Crippen LogP contribution in [0.5, 0.6) is 0 Å². The van der Waals surface area contributed by atoms with Gasteiger partial charge in [0.15, 0.2) is 5.82 Å².